The van der Waals surface area contributed by atoms with Gasteiger partial charge in [-0.3, -0.25) is 4.79 Å². The quantitative estimate of drug-likeness (QED) is 0.853. The molecule has 0 unspecified atom stereocenters. The smallest absolute Gasteiger partial charge is 0.240 e. The molecule has 0 fully saturated rings. The monoisotopic (exact) mass is 259 g/mol. The van der Waals surface area contributed by atoms with E-state index in [2.05, 4.69) is 16.7 Å². The third-order valence-corrected chi connectivity index (χ3v) is 3.26. The molecule has 1 aromatic carbocycles. The number of carbonyl (C=O) groups excluding carboxylic acids is 1. The van der Waals surface area contributed by atoms with Crippen LogP contribution in [-0.2, 0) is 4.79 Å². The molecular weight excluding hydrogens is 238 g/mol. The number of hydrogen-bond acceptors (Lipinski definition) is 3. The predicted molar refractivity (Wildman–Crippen MR) is 76.7 cm³/mol. The van der Waals surface area contributed by atoms with E-state index in [0.29, 0.717) is 0 Å². The van der Waals surface area contributed by atoms with Crippen LogP contribution >= 0.6 is 0 Å². The lowest BCUT2D eigenvalue weighted by atomic mass is 9.90. The number of nitriles is 1. The van der Waals surface area contributed by atoms with Gasteiger partial charge in [0.15, 0.2) is 0 Å². The lowest BCUT2D eigenvalue weighted by Gasteiger charge is -2.27. The van der Waals surface area contributed by atoms with Gasteiger partial charge in [0.2, 0.25) is 5.91 Å². The van der Waals surface area contributed by atoms with E-state index in [9.17, 15) is 4.79 Å². The first-order valence-corrected chi connectivity index (χ1v) is 6.40. The lowest BCUT2D eigenvalue weighted by Crippen LogP contribution is -2.50. The first-order chi connectivity index (χ1) is 8.87. The fourth-order valence-corrected chi connectivity index (χ4v) is 1.57. The van der Waals surface area contributed by atoms with Gasteiger partial charge in [-0.1, -0.05) is 26.0 Å². The second kappa shape index (κ2) is 6.24. The maximum atomic E-state index is 11.9. The van der Waals surface area contributed by atoms with Crippen molar-refractivity contribution in [2.45, 2.75) is 33.2 Å². The summed E-state index contributed by atoms with van der Waals surface area (Å²) in [4.78, 5) is 11.9. The molecule has 0 radical (unpaired) electrons. The summed E-state index contributed by atoms with van der Waals surface area (Å²) in [5.74, 6) is -0.125. The molecule has 0 spiro atoms. The zero-order valence-corrected chi connectivity index (χ0v) is 11.9. The number of aryl methyl sites for hydroxylation is 1. The number of rotatable bonds is 5. The summed E-state index contributed by atoms with van der Waals surface area (Å²) >= 11 is 0. The van der Waals surface area contributed by atoms with E-state index in [1.807, 2.05) is 45.0 Å². The zero-order valence-electron chi connectivity index (χ0n) is 11.9. The maximum Gasteiger partial charge on any atom is 0.240 e. The van der Waals surface area contributed by atoms with Gasteiger partial charge in [0.25, 0.3) is 0 Å². The van der Waals surface area contributed by atoms with E-state index in [1.54, 1.807) is 6.92 Å². The fraction of sp³-hybridized carbons (Fsp3) is 0.467. The molecule has 19 heavy (non-hydrogen) atoms. The first-order valence-electron chi connectivity index (χ1n) is 6.40. The van der Waals surface area contributed by atoms with Crippen LogP contribution in [0.3, 0.4) is 0 Å². The van der Waals surface area contributed by atoms with E-state index in [-0.39, 0.29) is 18.4 Å². The summed E-state index contributed by atoms with van der Waals surface area (Å²) in [6.45, 7) is 7.72. The number of nitrogens with one attached hydrogen (secondary N) is 2. The van der Waals surface area contributed by atoms with Crippen LogP contribution in [0.1, 0.15) is 26.3 Å². The second-order valence-electron chi connectivity index (χ2n) is 5.24. The highest BCUT2D eigenvalue weighted by atomic mass is 16.2. The Morgan fingerprint density at radius 3 is 2.68 bits per heavy atom. The highest BCUT2D eigenvalue weighted by Crippen LogP contribution is 2.15. The molecule has 0 saturated carbocycles. The largest absolute Gasteiger partial charge is 0.376 e. The Hall–Kier alpha value is -2.02. The Morgan fingerprint density at radius 1 is 1.47 bits per heavy atom. The molecule has 0 aliphatic heterocycles. The number of anilines is 1. The van der Waals surface area contributed by atoms with E-state index in [4.69, 9.17) is 5.26 Å². The van der Waals surface area contributed by atoms with Crippen LogP contribution in [0.2, 0.25) is 0 Å². The highest BCUT2D eigenvalue weighted by molar-refractivity contribution is 5.81. The normalized spacial score (nSPS) is 13.5. The Labute approximate surface area is 114 Å². The number of hydrogen-bond donors (Lipinski definition) is 2. The molecule has 0 aliphatic rings. The second-order valence-corrected chi connectivity index (χ2v) is 5.24. The van der Waals surface area contributed by atoms with E-state index < -0.39 is 5.54 Å². The number of nitrogens with zero attached hydrogens (tertiary/aromatic N) is 1. The van der Waals surface area contributed by atoms with Gasteiger partial charge in [0.1, 0.15) is 5.54 Å². The van der Waals surface area contributed by atoms with Crippen LogP contribution in [0.15, 0.2) is 24.3 Å². The summed E-state index contributed by atoms with van der Waals surface area (Å²) in [6, 6.07) is 9.97. The van der Waals surface area contributed by atoms with Gasteiger partial charge in [0.05, 0.1) is 12.6 Å². The van der Waals surface area contributed by atoms with E-state index in [0.717, 1.165) is 11.3 Å². The summed E-state index contributed by atoms with van der Waals surface area (Å²) in [5, 5.41) is 15.0. The molecule has 4 heteroatoms. The number of benzene rings is 1. The van der Waals surface area contributed by atoms with E-state index in [1.165, 1.54) is 0 Å². The molecule has 0 bridgehead atoms. The Kier molecular flexibility index (Phi) is 4.94. The van der Waals surface area contributed by atoms with Crippen molar-refractivity contribution in [3.8, 4) is 6.07 Å². The van der Waals surface area contributed by atoms with Crippen molar-refractivity contribution in [1.29, 1.82) is 5.26 Å². The Morgan fingerprint density at radius 2 is 2.16 bits per heavy atom. The average molecular weight is 259 g/mol. The van der Waals surface area contributed by atoms with Crippen LogP contribution in [0.4, 0.5) is 5.69 Å². The molecule has 1 aromatic rings. The summed E-state index contributed by atoms with van der Waals surface area (Å²) in [5.41, 5.74) is 1.21. The minimum Gasteiger partial charge on any atom is -0.376 e. The Bertz CT molecular complexity index is 490. The van der Waals surface area contributed by atoms with Crippen molar-refractivity contribution in [1.82, 2.24) is 5.32 Å². The van der Waals surface area contributed by atoms with Gasteiger partial charge in [0, 0.05) is 5.69 Å². The maximum absolute atomic E-state index is 11.9. The molecule has 0 aliphatic carbocycles. The summed E-state index contributed by atoms with van der Waals surface area (Å²) < 4.78 is 0. The molecule has 0 heterocycles. The van der Waals surface area contributed by atoms with E-state index >= 15 is 0 Å². The molecule has 1 amide bonds. The van der Waals surface area contributed by atoms with Crippen molar-refractivity contribution in [2.75, 3.05) is 11.9 Å². The minimum absolute atomic E-state index is 0.0559. The number of amides is 1. The van der Waals surface area contributed by atoms with Crippen molar-refractivity contribution < 1.29 is 4.79 Å². The summed E-state index contributed by atoms with van der Waals surface area (Å²) in [7, 11) is 0. The van der Waals surface area contributed by atoms with Gasteiger partial charge in [-0.25, -0.2) is 0 Å². The molecule has 0 aromatic heterocycles. The van der Waals surface area contributed by atoms with Crippen LogP contribution in [0, 0.1) is 24.2 Å². The van der Waals surface area contributed by atoms with Crippen LogP contribution in [0.5, 0.6) is 0 Å². The zero-order chi connectivity index (χ0) is 14.5. The van der Waals surface area contributed by atoms with Gasteiger partial charge < -0.3 is 10.6 Å². The molecule has 0 saturated heterocycles. The standard InChI is InChI=1S/C15H21N3O/c1-11(2)15(4,10-16)18-14(19)9-17-13-7-5-6-12(3)8-13/h5-8,11,17H,9H2,1-4H3,(H,18,19)/t15-/m0/s1. The van der Waals surface area contributed by atoms with Crippen molar-refractivity contribution in [2.24, 2.45) is 5.92 Å². The summed E-state index contributed by atoms with van der Waals surface area (Å²) in [6.07, 6.45) is 0. The molecule has 4 nitrogen and oxygen atoms in total. The molecule has 102 valence electrons. The van der Waals surface area contributed by atoms with Gasteiger partial charge in [-0.05, 0) is 37.5 Å². The van der Waals surface area contributed by atoms with Gasteiger partial charge >= 0.3 is 0 Å². The minimum atomic E-state index is -0.828. The van der Waals surface area contributed by atoms with Crippen molar-refractivity contribution in [3.63, 3.8) is 0 Å². The third kappa shape index (κ3) is 4.29. The number of carbonyl (C=O) groups is 1. The first kappa shape index (κ1) is 15.0. The highest BCUT2D eigenvalue weighted by Gasteiger charge is 2.29. The van der Waals surface area contributed by atoms with Crippen molar-refractivity contribution in [3.05, 3.63) is 29.8 Å². The van der Waals surface area contributed by atoms with Gasteiger partial charge in [-0.2, -0.15) is 5.26 Å². The third-order valence-electron chi connectivity index (χ3n) is 3.26. The molecule has 1 rings (SSSR count). The van der Waals surface area contributed by atoms with Crippen LogP contribution in [-0.4, -0.2) is 18.0 Å². The molecule has 1 atom stereocenters. The molecular formula is C15H21N3O. The van der Waals surface area contributed by atoms with Crippen molar-refractivity contribution >= 4 is 11.6 Å². The predicted octanol–water partition coefficient (Wildman–Crippen LogP) is 2.46. The van der Waals surface area contributed by atoms with Crippen LogP contribution < -0.4 is 10.6 Å². The van der Waals surface area contributed by atoms with Gasteiger partial charge in [-0.15, -0.1) is 0 Å². The molecule has 2 N–H and O–H groups in total. The SMILES string of the molecule is Cc1cccc(NCC(=O)N[C@@](C)(C#N)C(C)C)c1. The average Bonchev–Trinajstić information content (AvgIpc) is 2.36. The lowest BCUT2D eigenvalue weighted by molar-refractivity contribution is -0.121. The topological polar surface area (TPSA) is 64.9 Å². The fourth-order valence-electron chi connectivity index (χ4n) is 1.57. The van der Waals surface area contributed by atoms with Crippen LogP contribution in [0.25, 0.3) is 0 Å². The Balaban J connectivity index is 2.55.